The largest absolute Gasteiger partial charge is 0.494 e. The van der Waals surface area contributed by atoms with Crippen LogP contribution >= 0.6 is 0 Å². The van der Waals surface area contributed by atoms with Gasteiger partial charge in [0.2, 0.25) is 0 Å². The number of hydrogen-bond donors (Lipinski definition) is 2. The number of rotatable bonds is 26. The molecule has 0 bridgehead atoms. The highest BCUT2D eigenvalue weighted by Gasteiger charge is 2.10. The normalized spacial score (nSPS) is 12.4. The summed E-state index contributed by atoms with van der Waals surface area (Å²) >= 11 is 0. The SMILES string of the molecule is CC(O)COCCCCCCOc1ccc(-c2ccc(OCCCCCCOCC(C)OC(=O)CCCC(=O)O)cc2)cc1. The van der Waals surface area contributed by atoms with Crippen molar-refractivity contribution < 1.29 is 43.5 Å². The van der Waals surface area contributed by atoms with Crippen molar-refractivity contribution in [2.24, 2.45) is 0 Å². The number of carboxylic acid groups (broad SMARTS) is 1. The molecule has 0 spiro atoms. The van der Waals surface area contributed by atoms with Crippen LogP contribution < -0.4 is 9.47 Å². The van der Waals surface area contributed by atoms with E-state index < -0.39 is 12.1 Å². The lowest BCUT2D eigenvalue weighted by atomic mass is 10.1. The Morgan fingerprint density at radius 3 is 1.52 bits per heavy atom. The molecule has 246 valence electrons. The van der Waals surface area contributed by atoms with Crippen LogP contribution in [0.4, 0.5) is 0 Å². The first-order valence-corrected chi connectivity index (χ1v) is 16.0. The molecule has 9 heteroatoms. The minimum Gasteiger partial charge on any atom is -0.494 e. The van der Waals surface area contributed by atoms with Gasteiger partial charge in [0.1, 0.15) is 17.6 Å². The van der Waals surface area contributed by atoms with E-state index in [9.17, 15) is 14.7 Å². The zero-order chi connectivity index (χ0) is 31.8. The lowest BCUT2D eigenvalue weighted by molar-refractivity contribution is -0.151. The van der Waals surface area contributed by atoms with E-state index in [1.807, 2.05) is 24.3 Å². The van der Waals surface area contributed by atoms with Gasteiger partial charge in [0.15, 0.2) is 0 Å². The maximum Gasteiger partial charge on any atom is 0.306 e. The zero-order valence-corrected chi connectivity index (χ0v) is 26.5. The summed E-state index contributed by atoms with van der Waals surface area (Å²) in [5.74, 6) is 0.440. The monoisotopic (exact) mass is 616 g/mol. The standard InChI is InChI=1S/C35H52O9/c1-28(36)26-40-22-7-3-5-9-24-42-32-18-14-30(15-19-32)31-16-20-33(21-17-31)43-25-10-6-4-8-23-41-27-29(2)44-35(39)13-11-12-34(37)38/h14-21,28-29,36H,3-13,22-27H2,1-2H3,(H,37,38). The van der Waals surface area contributed by atoms with Crippen LogP contribution in [0.2, 0.25) is 0 Å². The van der Waals surface area contributed by atoms with Crippen molar-refractivity contribution in [3.63, 3.8) is 0 Å². The highest BCUT2D eigenvalue weighted by Crippen LogP contribution is 2.25. The van der Waals surface area contributed by atoms with Crippen molar-refractivity contribution in [2.45, 2.75) is 96.7 Å². The van der Waals surface area contributed by atoms with Gasteiger partial charge in [-0.25, -0.2) is 0 Å². The molecule has 0 amide bonds. The first-order valence-electron chi connectivity index (χ1n) is 16.0. The molecule has 0 fully saturated rings. The zero-order valence-electron chi connectivity index (χ0n) is 26.5. The highest BCUT2D eigenvalue weighted by atomic mass is 16.6. The third kappa shape index (κ3) is 18.5. The second-order valence-electron chi connectivity index (χ2n) is 11.1. The number of ether oxygens (including phenoxy) is 5. The molecular weight excluding hydrogens is 564 g/mol. The van der Waals surface area contributed by atoms with Crippen LogP contribution in [-0.2, 0) is 23.8 Å². The number of aliphatic hydroxyl groups is 1. The van der Waals surface area contributed by atoms with Gasteiger partial charge in [-0.3, -0.25) is 9.59 Å². The van der Waals surface area contributed by atoms with Gasteiger partial charge < -0.3 is 33.9 Å². The summed E-state index contributed by atoms with van der Waals surface area (Å²) in [6, 6.07) is 16.3. The molecule has 0 radical (unpaired) electrons. The van der Waals surface area contributed by atoms with Crippen molar-refractivity contribution >= 4 is 11.9 Å². The van der Waals surface area contributed by atoms with Crippen LogP contribution in [0.5, 0.6) is 11.5 Å². The highest BCUT2D eigenvalue weighted by molar-refractivity contribution is 5.71. The Morgan fingerprint density at radius 1 is 0.614 bits per heavy atom. The maximum absolute atomic E-state index is 11.7. The predicted molar refractivity (Wildman–Crippen MR) is 170 cm³/mol. The molecule has 0 saturated heterocycles. The van der Waals surface area contributed by atoms with Crippen molar-refractivity contribution in [3.8, 4) is 22.6 Å². The second kappa shape index (κ2) is 23.3. The van der Waals surface area contributed by atoms with Crippen molar-refractivity contribution in [3.05, 3.63) is 48.5 Å². The summed E-state index contributed by atoms with van der Waals surface area (Å²) in [7, 11) is 0. The summed E-state index contributed by atoms with van der Waals surface area (Å²) in [4.78, 5) is 22.1. The number of aliphatic carboxylic acids is 1. The van der Waals surface area contributed by atoms with Gasteiger partial charge in [0.25, 0.3) is 0 Å². The molecule has 2 atom stereocenters. The molecular formula is C35H52O9. The van der Waals surface area contributed by atoms with Gasteiger partial charge in [-0.15, -0.1) is 0 Å². The van der Waals surface area contributed by atoms with Crippen molar-refractivity contribution in [2.75, 3.05) is 39.6 Å². The fourth-order valence-electron chi connectivity index (χ4n) is 4.39. The van der Waals surface area contributed by atoms with E-state index >= 15 is 0 Å². The summed E-state index contributed by atoms with van der Waals surface area (Å²) < 4.78 is 28.0. The van der Waals surface area contributed by atoms with E-state index in [4.69, 9.17) is 28.8 Å². The minimum atomic E-state index is -0.911. The average Bonchev–Trinajstić information content (AvgIpc) is 2.99. The number of hydrogen-bond acceptors (Lipinski definition) is 8. The van der Waals surface area contributed by atoms with E-state index in [0.29, 0.717) is 39.6 Å². The van der Waals surface area contributed by atoms with Gasteiger partial charge >= 0.3 is 11.9 Å². The van der Waals surface area contributed by atoms with Crippen LogP contribution in [0.1, 0.15) is 84.5 Å². The Hall–Kier alpha value is -3.14. The topological polar surface area (TPSA) is 121 Å². The summed E-state index contributed by atoms with van der Waals surface area (Å²) in [6.07, 6.45) is 7.81. The van der Waals surface area contributed by atoms with E-state index in [2.05, 4.69) is 24.3 Å². The van der Waals surface area contributed by atoms with E-state index in [1.165, 1.54) is 0 Å². The maximum atomic E-state index is 11.7. The molecule has 2 aromatic carbocycles. The van der Waals surface area contributed by atoms with Gasteiger partial charge in [-0.05, 0) is 94.2 Å². The Labute approximate surface area is 262 Å². The van der Waals surface area contributed by atoms with Gasteiger partial charge in [0, 0.05) is 26.1 Å². The molecule has 0 aliphatic heterocycles. The molecule has 0 aromatic heterocycles. The number of carboxylic acids is 1. The lowest BCUT2D eigenvalue weighted by Gasteiger charge is -2.13. The molecule has 2 rings (SSSR count). The van der Waals surface area contributed by atoms with E-state index in [-0.39, 0.29) is 31.3 Å². The molecule has 2 N–H and O–H groups in total. The molecule has 0 aliphatic carbocycles. The quantitative estimate of drug-likeness (QED) is 0.0865. The molecule has 9 nitrogen and oxygen atoms in total. The van der Waals surface area contributed by atoms with Crippen LogP contribution in [-0.4, -0.2) is 74.0 Å². The molecule has 2 unspecified atom stereocenters. The average molecular weight is 617 g/mol. The first-order chi connectivity index (χ1) is 21.3. The van der Waals surface area contributed by atoms with Crippen LogP contribution in [0.25, 0.3) is 11.1 Å². The fraction of sp³-hybridized carbons (Fsp3) is 0.600. The first kappa shape index (κ1) is 37.0. The molecule has 0 aliphatic rings. The molecule has 0 saturated carbocycles. The van der Waals surface area contributed by atoms with Crippen LogP contribution in [0.3, 0.4) is 0 Å². The third-order valence-corrected chi connectivity index (χ3v) is 6.76. The number of carbonyl (C=O) groups excluding carboxylic acids is 1. The van der Waals surface area contributed by atoms with E-state index in [1.54, 1.807) is 13.8 Å². The molecule has 0 heterocycles. The lowest BCUT2D eigenvalue weighted by Crippen LogP contribution is -2.20. The number of aliphatic hydroxyl groups excluding tert-OH is 1. The van der Waals surface area contributed by atoms with Gasteiger partial charge in [0.05, 0.1) is 32.5 Å². The van der Waals surface area contributed by atoms with Crippen LogP contribution in [0, 0.1) is 0 Å². The second-order valence-corrected chi connectivity index (χ2v) is 11.1. The fourth-order valence-corrected chi connectivity index (χ4v) is 4.39. The van der Waals surface area contributed by atoms with Crippen LogP contribution in [0.15, 0.2) is 48.5 Å². The predicted octanol–water partition coefficient (Wildman–Crippen LogP) is 6.83. The van der Waals surface area contributed by atoms with E-state index in [0.717, 1.165) is 74.0 Å². The minimum absolute atomic E-state index is 0.0314. The molecule has 2 aromatic rings. The summed E-state index contributed by atoms with van der Waals surface area (Å²) in [5.41, 5.74) is 2.26. The Balaban J connectivity index is 1.48. The van der Waals surface area contributed by atoms with Crippen molar-refractivity contribution in [1.82, 2.24) is 0 Å². The van der Waals surface area contributed by atoms with Gasteiger partial charge in [-0.2, -0.15) is 0 Å². The Morgan fingerprint density at radius 2 is 1.07 bits per heavy atom. The summed E-state index contributed by atoms with van der Waals surface area (Å²) in [5, 5.41) is 17.8. The van der Waals surface area contributed by atoms with Crippen molar-refractivity contribution in [1.29, 1.82) is 0 Å². The summed E-state index contributed by atoms with van der Waals surface area (Å²) in [6.45, 7) is 6.92. The number of benzene rings is 2. The van der Waals surface area contributed by atoms with Gasteiger partial charge in [-0.1, -0.05) is 37.1 Å². The number of esters is 1. The third-order valence-electron chi connectivity index (χ3n) is 6.76. The number of unbranched alkanes of at least 4 members (excludes halogenated alkanes) is 6. The number of carbonyl (C=O) groups is 2. The smallest absolute Gasteiger partial charge is 0.306 e. The Kier molecular flexibility index (Phi) is 19.6. The Bertz CT molecular complexity index is 1020. The molecule has 44 heavy (non-hydrogen) atoms.